The van der Waals surface area contributed by atoms with Gasteiger partial charge in [0.1, 0.15) is 8.42 Å². The first-order valence-electron chi connectivity index (χ1n) is 7.10. The van der Waals surface area contributed by atoms with E-state index in [2.05, 4.69) is 5.32 Å². The van der Waals surface area contributed by atoms with Crippen LogP contribution in [0.25, 0.3) is 0 Å². The van der Waals surface area contributed by atoms with Crippen LogP contribution in [0.5, 0.6) is 0 Å². The number of rotatable bonds is 7. The third-order valence-electron chi connectivity index (χ3n) is 3.50. The minimum atomic E-state index is -3.94. The zero-order valence-electron chi connectivity index (χ0n) is 13.0. The van der Waals surface area contributed by atoms with E-state index in [9.17, 15) is 16.8 Å². The average molecular weight is 384 g/mol. The number of nitrogens with zero attached hydrogens (tertiary/aromatic N) is 1. The van der Waals surface area contributed by atoms with Crippen molar-refractivity contribution in [3.63, 3.8) is 0 Å². The van der Waals surface area contributed by atoms with Crippen LogP contribution in [0.1, 0.15) is 24.9 Å². The van der Waals surface area contributed by atoms with E-state index >= 15 is 0 Å². The topological polar surface area (TPSA) is 119 Å². The van der Waals surface area contributed by atoms with Crippen molar-refractivity contribution in [2.24, 2.45) is 5.14 Å². The molecule has 2 rings (SSSR count). The first kappa shape index (κ1) is 18.8. The summed E-state index contributed by atoms with van der Waals surface area (Å²) in [6.07, 6.45) is 0.878. The van der Waals surface area contributed by atoms with Crippen LogP contribution in [-0.2, 0) is 24.8 Å². The molecule has 0 radical (unpaired) electrons. The first-order valence-corrected chi connectivity index (χ1v) is 10.9. The van der Waals surface area contributed by atoms with Crippen LogP contribution >= 0.6 is 11.3 Å². The summed E-state index contributed by atoms with van der Waals surface area (Å²) in [6.45, 7) is 3.41. The van der Waals surface area contributed by atoms with Crippen molar-refractivity contribution in [1.82, 2.24) is 9.62 Å². The molecular formula is C12H21N3O5S3. The predicted octanol–water partition coefficient (Wildman–Crippen LogP) is 0.0869. The molecule has 1 atom stereocenters. The SMILES string of the molecule is CCCNC1CN(CCOC)S(=O)(=O)c2sc(S(N)(=O)=O)cc21. The molecule has 8 nitrogen and oxygen atoms in total. The van der Waals surface area contributed by atoms with Gasteiger partial charge in [0.25, 0.3) is 10.0 Å². The highest BCUT2D eigenvalue weighted by atomic mass is 32.3. The van der Waals surface area contributed by atoms with Gasteiger partial charge in [-0.2, -0.15) is 4.31 Å². The number of thiophene rings is 1. The number of nitrogens with one attached hydrogen (secondary N) is 1. The van der Waals surface area contributed by atoms with E-state index in [0.717, 1.165) is 6.42 Å². The molecule has 1 unspecified atom stereocenters. The number of sulfonamides is 2. The maximum Gasteiger partial charge on any atom is 0.253 e. The Morgan fingerprint density at radius 1 is 1.52 bits per heavy atom. The molecule has 0 aliphatic carbocycles. The minimum Gasteiger partial charge on any atom is -0.383 e. The zero-order valence-corrected chi connectivity index (χ0v) is 15.4. The minimum absolute atomic E-state index is 0.0393. The summed E-state index contributed by atoms with van der Waals surface area (Å²) in [6, 6.07) is 1.10. The van der Waals surface area contributed by atoms with Crippen molar-refractivity contribution in [1.29, 1.82) is 0 Å². The Morgan fingerprint density at radius 3 is 2.78 bits per heavy atom. The van der Waals surface area contributed by atoms with E-state index < -0.39 is 20.0 Å². The number of hydrogen-bond acceptors (Lipinski definition) is 7. The van der Waals surface area contributed by atoms with Gasteiger partial charge in [-0.05, 0) is 19.0 Å². The molecule has 1 aromatic rings. The van der Waals surface area contributed by atoms with Crippen LogP contribution in [0.2, 0.25) is 0 Å². The summed E-state index contributed by atoms with van der Waals surface area (Å²) in [5.41, 5.74) is 0.473. The summed E-state index contributed by atoms with van der Waals surface area (Å²) >= 11 is 0.700. The summed E-state index contributed by atoms with van der Waals surface area (Å²) in [4.78, 5) is 0. The third-order valence-corrected chi connectivity index (χ3v) is 8.47. The zero-order chi connectivity index (χ0) is 17.3. The van der Waals surface area contributed by atoms with Crippen LogP contribution in [0.4, 0.5) is 0 Å². The molecule has 0 aromatic carbocycles. The monoisotopic (exact) mass is 383 g/mol. The van der Waals surface area contributed by atoms with Gasteiger partial charge in [-0.15, -0.1) is 11.3 Å². The molecular weight excluding hydrogens is 362 g/mol. The second-order valence-electron chi connectivity index (χ2n) is 5.22. The maximum atomic E-state index is 12.7. The standard InChI is InChI=1S/C12H21N3O5S3/c1-3-4-14-10-8-15(5-6-20-2)23(18,19)12-9(10)7-11(21-12)22(13,16)17/h7,10,14H,3-6,8H2,1-2H3,(H2,13,16,17). The first-order chi connectivity index (χ1) is 10.7. The Kier molecular flexibility index (Phi) is 5.82. The molecule has 0 saturated heterocycles. The van der Waals surface area contributed by atoms with Gasteiger partial charge in [0.05, 0.1) is 6.61 Å². The largest absolute Gasteiger partial charge is 0.383 e. The second kappa shape index (κ2) is 7.13. The molecule has 2 heterocycles. The molecule has 1 aliphatic heterocycles. The van der Waals surface area contributed by atoms with E-state index in [1.807, 2.05) is 6.92 Å². The van der Waals surface area contributed by atoms with E-state index in [1.165, 1.54) is 17.5 Å². The van der Waals surface area contributed by atoms with E-state index in [4.69, 9.17) is 9.88 Å². The number of hydrogen-bond donors (Lipinski definition) is 2. The molecule has 0 spiro atoms. The number of methoxy groups -OCH3 is 1. The van der Waals surface area contributed by atoms with Gasteiger partial charge in [0.2, 0.25) is 10.0 Å². The maximum absolute atomic E-state index is 12.7. The third kappa shape index (κ3) is 3.92. The quantitative estimate of drug-likeness (QED) is 0.689. The summed E-state index contributed by atoms with van der Waals surface area (Å²) in [7, 11) is -6.18. The van der Waals surface area contributed by atoms with E-state index in [-0.39, 0.29) is 34.2 Å². The van der Waals surface area contributed by atoms with Gasteiger partial charge in [-0.1, -0.05) is 6.92 Å². The lowest BCUT2D eigenvalue weighted by Crippen LogP contribution is -2.44. The van der Waals surface area contributed by atoms with Crippen LogP contribution < -0.4 is 10.5 Å². The Balaban J connectivity index is 2.49. The number of primary sulfonamides is 1. The molecule has 11 heteroatoms. The molecule has 0 saturated carbocycles. The second-order valence-corrected chi connectivity index (χ2v) is 10.2. The number of nitrogens with two attached hydrogens (primary N) is 1. The Morgan fingerprint density at radius 2 is 2.22 bits per heavy atom. The van der Waals surface area contributed by atoms with Gasteiger partial charge < -0.3 is 10.1 Å². The molecule has 3 N–H and O–H groups in total. The number of ether oxygens (including phenoxy) is 1. The summed E-state index contributed by atoms with van der Waals surface area (Å²) in [5, 5.41) is 8.41. The summed E-state index contributed by atoms with van der Waals surface area (Å²) in [5.74, 6) is 0. The van der Waals surface area contributed by atoms with Crippen molar-refractivity contribution < 1.29 is 21.6 Å². The highest BCUT2D eigenvalue weighted by Gasteiger charge is 2.39. The Labute approximate surface area is 140 Å². The van der Waals surface area contributed by atoms with Crippen molar-refractivity contribution >= 4 is 31.4 Å². The summed E-state index contributed by atoms with van der Waals surface area (Å²) < 4.78 is 54.7. The Bertz CT molecular complexity index is 757. The van der Waals surface area contributed by atoms with Gasteiger partial charge in [-0.25, -0.2) is 22.0 Å². The number of fused-ring (bicyclic) bond motifs is 1. The highest BCUT2D eigenvalue weighted by Crippen LogP contribution is 2.39. The smallest absolute Gasteiger partial charge is 0.253 e. The molecule has 0 fully saturated rings. The molecule has 132 valence electrons. The lowest BCUT2D eigenvalue weighted by atomic mass is 10.1. The lowest BCUT2D eigenvalue weighted by Gasteiger charge is -2.32. The lowest BCUT2D eigenvalue weighted by molar-refractivity contribution is 0.174. The predicted molar refractivity (Wildman–Crippen MR) is 87.4 cm³/mol. The van der Waals surface area contributed by atoms with E-state index in [0.29, 0.717) is 23.4 Å². The molecule has 23 heavy (non-hydrogen) atoms. The fraction of sp³-hybridized carbons (Fsp3) is 0.667. The Hall–Kier alpha value is -0.560. The van der Waals surface area contributed by atoms with Crippen LogP contribution in [0.15, 0.2) is 14.5 Å². The van der Waals surface area contributed by atoms with E-state index in [1.54, 1.807) is 0 Å². The van der Waals surface area contributed by atoms with Crippen molar-refractivity contribution in [3.8, 4) is 0 Å². The molecule has 1 aliphatic rings. The molecule has 1 aromatic heterocycles. The normalized spacial score (nSPS) is 21.3. The van der Waals surface area contributed by atoms with Crippen LogP contribution in [0.3, 0.4) is 0 Å². The highest BCUT2D eigenvalue weighted by molar-refractivity contribution is 7.94. The van der Waals surface area contributed by atoms with Gasteiger partial charge in [-0.3, -0.25) is 0 Å². The van der Waals surface area contributed by atoms with Crippen molar-refractivity contribution in [2.75, 3.05) is 33.4 Å². The molecule has 0 bridgehead atoms. The van der Waals surface area contributed by atoms with Crippen LogP contribution in [-0.4, -0.2) is 54.5 Å². The average Bonchev–Trinajstić information content (AvgIpc) is 2.92. The fourth-order valence-electron chi connectivity index (χ4n) is 2.37. The van der Waals surface area contributed by atoms with Crippen molar-refractivity contribution in [2.45, 2.75) is 27.8 Å². The van der Waals surface area contributed by atoms with Gasteiger partial charge in [0.15, 0.2) is 0 Å². The molecule has 0 amide bonds. The van der Waals surface area contributed by atoms with Gasteiger partial charge >= 0.3 is 0 Å². The van der Waals surface area contributed by atoms with Gasteiger partial charge in [0, 0.05) is 31.8 Å². The van der Waals surface area contributed by atoms with Crippen LogP contribution in [0, 0.1) is 0 Å². The fourth-order valence-corrected chi connectivity index (χ4v) is 6.62. The van der Waals surface area contributed by atoms with Crippen molar-refractivity contribution in [3.05, 3.63) is 11.6 Å².